The first-order valence-corrected chi connectivity index (χ1v) is 6.46. The van der Waals surface area contributed by atoms with Crippen molar-refractivity contribution in [3.05, 3.63) is 51.8 Å². The van der Waals surface area contributed by atoms with Crippen molar-refractivity contribution in [2.24, 2.45) is 0 Å². The van der Waals surface area contributed by atoms with Gasteiger partial charge in [0.1, 0.15) is 0 Å². The number of nitrogens with zero attached hydrogens (tertiary/aromatic N) is 3. The van der Waals surface area contributed by atoms with E-state index in [1.54, 1.807) is 30.3 Å². The number of aromatic nitrogens is 2. The standard InChI is InChI=1S/C13H7Cl2N3O2/c14-9-3-1-2-8-11(9)18(13(20)12(8)19)6-7-4-5-10(15)17-16-7/h1-5H,6H2. The minimum Gasteiger partial charge on any atom is -0.297 e. The van der Waals surface area contributed by atoms with Gasteiger partial charge in [0.2, 0.25) is 0 Å². The number of halogens is 2. The van der Waals surface area contributed by atoms with Crippen LogP contribution < -0.4 is 4.90 Å². The number of amides is 1. The van der Waals surface area contributed by atoms with E-state index in [0.717, 1.165) is 0 Å². The van der Waals surface area contributed by atoms with E-state index in [4.69, 9.17) is 23.2 Å². The van der Waals surface area contributed by atoms with Gasteiger partial charge >= 0.3 is 0 Å². The largest absolute Gasteiger partial charge is 0.299 e. The first kappa shape index (κ1) is 13.0. The number of carbonyl (C=O) groups is 2. The van der Waals surface area contributed by atoms with Crippen LogP contribution in [-0.2, 0) is 11.3 Å². The first-order valence-electron chi connectivity index (χ1n) is 5.71. The fourth-order valence-corrected chi connectivity index (χ4v) is 2.43. The molecule has 20 heavy (non-hydrogen) atoms. The maximum atomic E-state index is 12.0. The van der Waals surface area contributed by atoms with Gasteiger partial charge in [0, 0.05) is 0 Å². The lowest BCUT2D eigenvalue weighted by molar-refractivity contribution is -0.114. The summed E-state index contributed by atoms with van der Waals surface area (Å²) in [5.41, 5.74) is 1.24. The molecular weight excluding hydrogens is 301 g/mol. The highest BCUT2D eigenvalue weighted by atomic mass is 35.5. The van der Waals surface area contributed by atoms with E-state index in [-0.39, 0.29) is 11.7 Å². The fourth-order valence-electron chi connectivity index (χ4n) is 2.05. The summed E-state index contributed by atoms with van der Waals surface area (Å²) in [7, 11) is 0. The third-order valence-electron chi connectivity index (χ3n) is 2.95. The van der Waals surface area contributed by atoms with E-state index in [1.165, 1.54) is 4.90 Å². The number of para-hydroxylation sites is 1. The van der Waals surface area contributed by atoms with Crippen LogP contribution in [0.4, 0.5) is 5.69 Å². The predicted octanol–water partition coefficient (Wildman–Crippen LogP) is 2.51. The average Bonchev–Trinajstić information content (AvgIpc) is 2.68. The smallest absolute Gasteiger partial charge is 0.297 e. The van der Waals surface area contributed by atoms with Crippen LogP contribution in [0.5, 0.6) is 0 Å². The highest BCUT2D eigenvalue weighted by molar-refractivity contribution is 6.54. The van der Waals surface area contributed by atoms with E-state index in [1.807, 2.05) is 0 Å². The summed E-state index contributed by atoms with van der Waals surface area (Å²) in [5, 5.41) is 8.19. The maximum absolute atomic E-state index is 12.0. The molecule has 7 heteroatoms. The Morgan fingerprint density at radius 3 is 2.55 bits per heavy atom. The third kappa shape index (κ3) is 2.05. The number of hydrogen-bond acceptors (Lipinski definition) is 4. The molecule has 0 saturated heterocycles. The van der Waals surface area contributed by atoms with Crippen molar-refractivity contribution in [1.29, 1.82) is 0 Å². The lowest BCUT2D eigenvalue weighted by Crippen LogP contribution is -2.29. The molecule has 1 aliphatic rings. The van der Waals surface area contributed by atoms with Gasteiger partial charge in [-0.25, -0.2) is 0 Å². The van der Waals surface area contributed by atoms with Gasteiger partial charge in [0.25, 0.3) is 11.7 Å². The monoisotopic (exact) mass is 307 g/mol. The first-order chi connectivity index (χ1) is 9.58. The number of rotatable bonds is 2. The third-order valence-corrected chi connectivity index (χ3v) is 3.45. The number of benzene rings is 1. The average molecular weight is 308 g/mol. The van der Waals surface area contributed by atoms with Crippen LogP contribution in [0.15, 0.2) is 30.3 Å². The lowest BCUT2D eigenvalue weighted by Gasteiger charge is -2.16. The second kappa shape index (κ2) is 4.85. The molecule has 0 saturated carbocycles. The lowest BCUT2D eigenvalue weighted by atomic mass is 10.1. The number of fused-ring (bicyclic) bond motifs is 1. The molecule has 0 aliphatic carbocycles. The van der Waals surface area contributed by atoms with Crippen molar-refractivity contribution in [3.8, 4) is 0 Å². The summed E-state index contributed by atoms with van der Waals surface area (Å²) >= 11 is 11.7. The summed E-state index contributed by atoms with van der Waals surface area (Å²) < 4.78 is 0. The Bertz CT molecular complexity index is 716. The number of carbonyl (C=O) groups excluding carboxylic acids is 2. The number of hydrogen-bond donors (Lipinski definition) is 0. The Kier molecular flexibility index (Phi) is 3.16. The summed E-state index contributed by atoms with van der Waals surface area (Å²) in [6.07, 6.45) is 0. The molecule has 0 N–H and O–H groups in total. The van der Waals surface area contributed by atoms with Gasteiger partial charge in [0.15, 0.2) is 5.15 Å². The Labute approximate surface area is 124 Å². The molecule has 2 heterocycles. The number of Topliss-reactive ketones (excluding diaryl/α,β-unsaturated/α-hetero) is 1. The highest BCUT2D eigenvalue weighted by Crippen LogP contribution is 2.36. The Morgan fingerprint density at radius 1 is 1.05 bits per heavy atom. The molecule has 0 bridgehead atoms. The summed E-state index contributed by atoms with van der Waals surface area (Å²) in [6.45, 7) is 0.117. The fraction of sp³-hybridized carbons (Fsp3) is 0.0769. The minimum absolute atomic E-state index is 0.117. The van der Waals surface area contributed by atoms with Crippen molar-refractivity contribution in [2.75, 3.05) is 4.90 Å². The second-order valence-corrected chi connectivity index (χ2v) is 5.00. The van der Waals surface area contributed by atoms with Crippen molar-refractivity contribution in [1.82, 2.24) is 10.2 Å². The van der Waals surface area contributed by atoms with Crippen LogP contribution in [0, 0.1) is 0 Å². The second-order valence-electron chi connectivity index (χ2n) is 4.20. The van der Waals surface area contributed by atoms with Gasteiger partial charge in [0.05, 0.1) is 28.5 Å². The van der Waals surface area contributed by atoms with Gasteiger partial charge in [-0.15, -0.1) is 5.10 Å². The Balaban J connectivity index is 2.01. The van der Waals surface area contributed by atoms with E-state index in [0.29, 0.717) is 22.0 Å². The molecule has 0 fully saturated rings. The Hall–Kier alpha value is -1.98. The molecule has 1 aromatic carbocycles. The molecule has 0 unspecified atom stereocenters. The maximum Gasteiger partial charge on any atom is 0.299 e. The van der Waals surface area contributed by atoms with Crippen molar-refractivity contribution >= 4 is 40.6 Å². The highest BCUT2D eigenvalue weighted by Gasteiger charge is 2.37. The van der Waals surface area contributed by atoms with E-state index < -0.39 is 11.7 Å². The molecule has 100 valence electrons. The topological polar surface area (TPSA) is 63.2 Å². The number of anilines is 1. The SMILES string of the molecule is O=C1C(=O)N(Cc2ccc(Cl)nn2)c2c(Cl)cccc21. The van der Waals surface area contributed by atoms with Crippen LogP contribution in [0.1, 0.15) is 16.1 Å². The Morgan fingerprint density at radius 2 is 1.85 bits per heavy atom. The van der Waals surface area contributed by atoms with Crippen molar-refractivity contribution in [2.45, 2.75) is 6.54 Å². The van der Waals surface area contributed by atoms with Crippen molar-refractivity contribution < 1.29 is 9.59 Å². The van der Waals surface area contributed by atoms with E-state index in [9.17, 15) is 9.59 Å². The molecule has 5 nitrogen and oxygen atoms in total. The van der Waals surface area contributed by atoms with Gasteiger partial charge in [-0.3, -0.25) is 14.5 Å². The zero-order valence-corrected chi connectivity index (χ0v) is 11.5. The zero-order chi connectivity index (χ0) is 14.3. The normalized spacial score (nSPS) is 13.8. The van der Waals surface area contributed by atoms with E-state index in [2.05, 4.69) is 10.2 Å². The number of ketones is 1. The van der Waals surface area contributed by atoms with Gasteiger partial charge in [-0.1, -0.05) is 29.3 Å². The van der Waals surface area contributed by atoms with Crippen LogP contribution in [0.3, 0.4) is 0 Å². The molecule has 0 radical (unpaired) electrons. The molecule has 1 amide bonds. The molecule has 1 aromatic heterocycles. The quantitative estimate of drug-likeness (QED) is 0.800. The molecule has 1 aliphatic heterocycles. The minimum atomic E-state index is -0.621. The van der Waals surface area contributed by atoms with Crippen LogP contribution in [0.2, 0.25) is 10.2 Å². The molecule has 2 aromatic rings. The van der Waals surface area contributed by atoms with Gasteiger partial charge in [-0.05, 0) is 24.3 Å². The summed E-state index contributed by atoms with van der Waals surface area (Å²) in [4.78, 5) is 25.2. The van der Waals surface area contributed by atoms with Crippen molar-refractivity contribution in [3.63, 3.8) is 0 Å². The molecule has 0 atom stereocenters. The van der Waals surface area contributed by atoms with Gasteiger partial charge in [-0.2, -0.15) is 5.10 Å². The van der Waals surface area contributed by atoms with E-state index >= 15 is 0 Å². The van der Waals surface area contributed by atoms with Gasteiger partial charge < -0.3 is 0 Å². The van der Waals surface area contributed by atoms with Crippen LogP contribution in [-0.4, -0.2) is 21.9 Å². The van der Waals surface area contributed by atoms with Crippen LogP contribution in [0.25, 0.3) is 0 Å². The molecule has 0 spiro atoms. The predicted molar refractivity (Wildman–Crippen MR) is 74.0 cm³/mol. The zero-order valence-electron chi connectivity index (χ0n) is 10.0. The molecule has 3 rings (SSSR count). The summed E-state index contributed by atoms with van der Waals surface area (Å²) in [5.74, 6) is -1.19. The van der Waals surface area contributed by atoms with Crippen LogP contribution >= 0.6 is 23.2 Å². The molecular formula is C13H7Cl2N3O2. The summed E-state index contributed by atoms with van der Waals surface area (Å²) in [6, 6.07) is 8.06.